The van der Waals surface area contributed by atoms with Gasteiger partial charge in [0.1, 0.15) is 0 Å². The molecule has 164 valence electrons. The number of rotatable bonds is 3. The van der Waals surface area contributed by atoms with Crippen molar-refractivity contribution in [2.24, 2.45) is 17.2 Å². The number of hydrogen-bond acceptors (Lipinski definition) is 8. The topological polar surface area (TPSA) is 265 Å². The van der Waals surface area contributed by atoms with Crippen LogP contribution >= 0.6 is 0 Å². The zero-order valence-electron chi connectivity index (χ0n) is 16.2. The van der Waals surface area contributed by atoms with Crippen LogP contribution in [0.15, 0.2) is 0 Å². The lowest BCUT2D eigenvalue weighted by molar-refractivity contribution is -0.135. The van der Waals surface area contributed by atoms with Crippen LogP contribution in [0.25, 0.3) is 0 Å². The van der Waals surface area contributed by atoms with Crippen LogP contribution in [0.4, 0.5) is 0 Å². The molecule has 1 atom stereocenters. The summed E-state index contributed by atoms with van der Waals surface area (Å²) in [5.74, 6) is -4.17. The fourth-order valence-electron chi connectivity index (χ4n) is 0.332. The summed E-state index contributed by atoms with van der Waals surface area (Å²) in [5.41, 5.74) is 15.7. The van der Waals surface area contributed by atoms with Crippen LogP contribution in [0.1, 0.15) is 41.0 Å². The molecular formula is C14H33N3O10. The fraction of sp³-hybridized carbons (Fsp3) is 0.643. The highest BCUT2D eigenvalue weighted by atomic mass is 16.4. The second-order valence-electron chi connectivity index (χ2n) is 4.17. The first-order valence-electron chi connectivity index (χ1n) is 7.10. The van der Waals surface area contributed by atoms with E-state index in [0.29, 0.717) is 13.1 Å². The van der Waals surface area contributed by atoms with Crippen LogP contribution in [0.2, 0.25) is 0 Å². The molecule has 0 aliphatic rings. The summed E-state index contributed by atoms with van der Waals surface area (Å²) in [7, 11) is 0. The zero-order chi connectivity index (χ0) is 23.6. The number of nitrogens with two attached hydrogens (primary N) is 3. The summed E-state index contributed by atoms with van der Waals surface area (Å²) in [4.78, 5) is 45.0. The van der Waals surface area contributed by atoms with Crippen LogP contribution in [-0.2, 0) is 24.0 Å². The van der Waals surface area contributed by atoms with Crippen molar-refractivity contribution < 1.29 is 49.5 Å². The SMILES string of the molecule is CC(=O)O.CC(=O)O.CC(=O)O.CC(=O)O.CC(=O)O.NCCC(N)CN. The largest absolute Gasteiger partial charge is 0.481 e. The Balaban J connectivity index is -0.0000000500. The van der Waals surface area contributed by atoms with E-state index in [1.807, 2.05) is 0 Å². The molecule has 0 aliphatic carbocycles. The highest BCUT2D eigenvalue weighted by molar-refractivity contribution is 5.63. The van der Waals surface area contributed by atoms with Crippen molar-refractivity contribution in [2.75, 3.05) is 13.1 Å². The summed E-state index contributed by atoms with van der Waals surface area (Å²) >= 11 is 0. The van der Waals surface area contributed by atoms with Crippen molar-refractivity contribution >= 4 is 29.8 Å². The summed E-state index contributed by atoms with van der Waals surface area (Å²) in [6.45, 7) is 6.59. The van der Waals surface area contributed by atoms with Crippen molar-refractivity contribution in [3.8, 4) is 0 Å². The molecule has 0 spiro atoms. The first-order chi connectivity index (χ1) is 12.0. The Bertz CT molecular complexity index is 300. The van der Waals surface area contributed by atoms with Crippen LogP contribution in [0, 0.1) is 0 Å². The molecule has 0 aromatic heterocycles. The van der Waals surface area contributed by atoms with E-state index in [0.717, 1.165) is 41.0 Å². The van der Waals surface area contributed by atoms with E-state index in [9.17, 15) is 0 Å². The molecule has 0 radical (unpaired) electrons. The molecule has 0 aromatic carbocycles. The van der Waals surface area contributed by atoms with E-state index in [1.54, 1.807) is 0 Å². The summed E-state index contributed by atoms with van der Waals surface area (Å²) in [6.07, 6.45) is 0.830. The van der Waals surface area contributed by atoms with Crippen LogP contribution in [0.5, 0.6) is 0 Å². The van der Waals surface area contributed by atoms with Gasteiger partial charge in [0, 0.05) is 47.2 Å². The van der Waals surface area contributed by atoms with E-state index in [2.05, 4.69) is 0 Å². The summed E-state index contributed by atoms with van der Waals surface area (Å²) in [6, 6.07) is 0.102. The summed E-state index contributed by atoms with van der Waals surface area (Å²) < 4.78 is 0. The average molecular weight is 403 g/mol. The average Bonchev–Trinajstić information content (AvgIpc) is 2.35. The third-order valence-electron chi connectivity index (χ3n) is 0.840. The van der Waals surface area contributed by atoms with Crippen molar-refractivity contribution in [2.45, 2.75) is 47.1 Å². The smallest absolute Gasteiger partial charge is 0.300 e. The fourth-order valence-corrected chi connectivity index (χ4v) is 0.332. The molecule has 0 aliphatic heterocycles. The molecule has 13 heteroatoms. The standard InChI is InChI=1S/C4H13N3.5C2H4O2/c5-2-1-4(7)3-6;5*1-2(3)4/h4H,1-3,5-7H2;5*1H3,(H,3,4). The maximum Gasteiger partial charge on any atom is 0.300 e. The molecular weight excluding hydrogens is 370 g/mol. The number of carboxylic acid groups (broad SMARTS) is 5. The van der Waals surface area contributed by atoms with Gasteiger partial charge in [-0.2, -0.15) is 0 Å². The molecule has 0 saturated heterocycles. The number of hydrogen-bond donors (Lipinski definition) is 8. The Labute approximate surface area is 157 Å². The lowest BCUT2D eigenvalue weighted by atomic mass is 10.2. The highest BCUT2D eigenvalue weighted by Crippen LogP contribution is 1.77. The normalized spacial score (nSPS) is 8.30. The Morgan fingerprint density at radius 3 is 0.815 bits per heavy atom. The van der Waals surface area contributed by atoms with Crippen LogP contribution in [-0.4, -0.2) is 74.5 Å². The van der Waals surface area contributed by atoms with Gasteiger partial charge in [-0.15, -0.1) is 0 Å². The number of carbonyl (C=O) groups is 5. The first kappa shape index (κ1) is 39.3. The highest BCUT2D eigenvalue weighted by Gasteiger charge is 1.93. The van der Waals surface area contributed by atoms with Gasteiger partial charge in [-0.25, -0.2) is 0 Å². The van der Waals surface area contributed by atoms with Gasteiger partial charge < -0.3 is 42.7 Å². The van der Waals surface area contributed by atoms with E-state index in [-0.39, 0.29) is 6.04 Å². The van der Waals surface area contributed by atoms with E-state index in [4.69, 9.17) is 66.7 Å². The third kappa shape index (κ3) is 2110. The molecule has 27 heavy (non-hydrogen) atoms. The number of carboxylic acids is 5. The molecule has 11 N–H and O–H groups in total. The minimum absolute atomic E-state index is 0.102. The molecule has 0 rings (SSSR count). The lowest BCUT2D eigenvalue weighted by Crippen LogP contribution is -2.31. The molecule has 1 unspecified atom stereocenters. The van der Waals surface area contributed by atoms with Crippen molar-refractivity contribution in [3.05, 3.63) is 0 Å². The molecule has 0 amide bonds. The molecule has 0 fully saturated rings. The van der Waals surface area contributed by atoms with Gasteiger partial charge in [-0.1, -0.05) is 0 Å². The zero-order valence-corrected chi connectivity index (χ0v) is 16.2. The van der Waals surface area contributed by atoms with Crippen LogP contribution in [0.3, 0.4) is 0 Å². The Morgan fingerprint density at radius 2 is 0.778 bits per heavy atom. The second kappa shape index (κ2) is 34.5. The molecule has 0 bridgehead atoms. The van der Waals surface area contributed by atoms with Gasteiger partial charge in [0.05, 0.1) is 0 Å². The van der Waals surface area contributed by atoms with Gasteiger partial charge >= 0.3 is 0 Å². The molecule has 0 saturated carbocycles. The first-order valence-corrected chi connectivity index (χ1v) is 7.10. The summed E-state index contributed by atoms with van der Waals surface area (Å²) in [5, 5.41) is 37.1. The van der Waals surface area contributed by atoms with Crippen molar-refractivity contribution in [1.29, 1.82) is 0 Å². The third-order valence-corrected chi connectivity index (χ3v) is 0.840. The van der Waals surface area contributed by atoms with Gasteiger partial charge in [0.15, 0.2) is 0 Å². The Hall–Kier alpha value is -2.77. The van der Waals surface area contributed by atoms with Gasteiger partial charge in [-0.3, -0.25) is 24.0 Å². The molecule has 13 nitrogen and oxygen atoms in total. The van der Waals surface area contributed by atoms with E-state index in [1.165, 1.54) is 0 Å². The van der Waals surface area contributed by atoms with Crippen molar-refractivity contribution in [1.82, 2.24) is 0 Å². The van der Waals surface area contributed by atoms with Crippen LogP contribution < -0.4 is 17.2 Å². The molecule has 0 heterocycles. The maximum absolute atomic E-state index is 9.00. The predicted molar refractivity (Wildman–Crippen MR) is 97.3 cm³/mol. The minimum Gasteiger partial charge on any atom is -0.481 e. The van der Waals surface area contributed by atoms with Gasteiger partial charge in [-0.05, 0) is 13.0 Å². The Kier molecular flexibility index (Phi) is 50.3. The second-order valence-corrected chi connectivity index (χ2v) is 4.17. The van der Waals surface area contributed by atoms with Gasteiger partial charge in [0.2, 0.25) is 0 Å². The maximum atomic E-state index is 9.00. The lowest BCUT2D eigenvalue weighted by Gasteiger charge is -2.03. The molecule has 0 aromatic rings. The van der Waals surface area contributed by atoms with Crippen molar-refractivity contribution in [3.63, 3.8) is 0 Å². The Morgan fingerprint density at radius 1 is 0.630 bits per heavy atom. The van der Waals surface area contributed by atoms with Gasteiger partial charge in [0.25, 0.3) is 29.8 Å². The predicted octanol–water partition coefficient (Wildman–Crippen LogP) is -0.924. The number of aliphatic carboxylic acids is 5. The monoisotopic (exact) mass is 403 g/mol. The quantitative estimate of drug-likeness (QED) is 0.283. The minimum atomic E-state index is -0.833. The van der Waals surface area contributed by atoms with E-state index < -0.39 is 29.8 Å². The van der Waals surface area contributed by atoms with E-state index >= 15 is 0 Å².